The summed E-state index contributed by atoms with van der Waals surface area (Å²) in [6, 6.07) is 22.3. The van der Waals surface area contributed by atoms with E-state index >= 15 is 0 Å². The normalized spacial score (nSPS) is 15.0. The zero-order valence-corrected chi connectivity index (χ0v) is 24.3. The van der Waals surface area contributed by atoms with Gasteiger partial charge in [0.1, 0.15) is 17.9 Å². The third-order valence-electron chi connectivity index (χ3n) is 6.58. The fraction of sp³-hybridized carbons (Fsp3) is 0.0968. The average molecular weight is 616 g/mol. The van der Waals surface area contributed by atoms with Gasteiger partial charge in [-0.05, 0) is 41.5 Å². The van der Waals surface area contributed by atoms with Gasteiger partial charge in [-0.25, -0.2) is 0 Å². The monoisotopic (exact) mass is 615 g/mol. The summed E-state index contributed by atoms with van der Waals surface area (Å²) in [4.78, 5) is 28.7. The number of nitrogens with zero attached hydrogens (tertiary/aromatic N) is 3. The largest absolute Gasteiger partial charge is 0.503 e. The second kappa shape index (κ2) is 11.8. The molecule has 3 heterocycles. The summed E-state index contributed by atoms with van der Waals surface area (Å²) in [5.74, 6) is -0.881. The fourth-order valence-electron chi connectivity index (χ4n) is 4.59. The smallest absolute Gasteiger partial charge is 0.296 e. The SMILES string of the molecule is C=CCOc1ccc([C@H]2C(C(=O)c3cc4ccccc4o3)=C(O)C(=O)N2c2nnc(SCc3ccccc3Cl)s2)cc1. The number of rotatable bonds is 10. The number of hydrogen-bond acceptors (Lipinski definition) is 9. The highest BCUT2D eigenvalue weighted by molar-refractivity contribution is 8.00. The summed E-state index contributed by atoms with van der Waals surface area (Å²) in [6.07, 6.45) is 1.63. The van der Waals surface area contributed by atoms with Crippen LogP contribution in [0.15, 0.2) is 112 Å². The van der Waals surface area contributed by atoms with Crippen molar-refractivity contribution < 1.29 is 23.8 Å². The first kappa shape index (κ1) is 27.8. The Labute approximate surface area is 253 Å². The number of carbonyl (C=O) groups excluding carboxylic acids is 2. The second-order valence-electron chi connectivity index (χ2n) is 9.22. The van der Waals surface area contributed by atoms with E-state index in [1.54, 1.807) is 48.5 Å². The average Bonchev–Trinajstić information content (AvgIpc) is 3.72. The van der Waals surface area contributed by atoms with E-state index in [9.17, 15) is 14.7 Å². The molecule has 11 heteroatoms. The molecule has 1 N–H and O–H groups in total. The molecule has 1 amide bonds. The molecule has 0 bridgehead atoms. The Morgan fingerprint density at radius 3 is 2.64 bits per heavy atom. The summed E-state index contributed by atoms with van der Waals surface area (Å²) >= 11 is 8.90. The molecular weight excluding hydrogens is 594 g/mol. The van der Waals surface area contributed by atoms with E-state index in [1.807, 2.05) is 36.4 Å². The maximum Gasteiger partial charge on any atom is 0.296 e. The van der Waals surface area contributed by atoms with Crippen LogP contribution in [0.3, 0.4) is 0 Å². The maximum atomic E-state index is 13.9. The van der Waals surface area contributed by atoms with Crippen molar-refractivity contribution in [2.45, 2.75) is 16.1 Å². The number of Topliss-reactive ketones (excluding diaryl/α,β-unsaturated/α-hetero) is 1. The Balaban J connectivity index is 1.36. The fourth-order valence-corrected chi connectivity index (χ4v) is 6.74. The molecule has 210 valence electrons. The predicted octanol–water partition coefficient (Wildman–Crippen LogP) is 7.58. The minimum atomic E-state index is -0.985. The number of thioether (sulfide) groups is 1. The van der Waals surface area contributed by atoms with Gasteiger partial charge < -0.3 is 14.3 Å². The van der Waals surface area contributed by atoms with Crippen LogP contribution < -0.4 is 9.64 Å². The molecule has 1 aliphatic heterocycles. The van der Waals surface area contributed by atoms with Gasteiger partial charge in [-0.1, -0.05) is 95.9 Å². The standard InChI is InChI=1S/C31H22ClN3O5S2/c1-2-15-39-21-13-11-18(12-14-21)26-25(27(36)24-16-19-7-4-6-10-23(19)40-24)28(37)29(38)35(26)30-33-34-31(42-30)41-17-20-8-3-5-9-22(20)32/h2-14,16,26,37H,1,15,17H2/t26-/m0/s1. The van der Waals surface area contributed by atoms with Gasteiger partial charge >= 0.3 is 0 Å². The van der Waals surface area contributed by atoms with E-state index < -0.39 is 23.5 Å². The highest BCUT2D eigenvalue weighted by atomic mass is 35.5. The Bertz CT molecular complexity index is 1810. The molecule has 6 rings (SSSR count). The lowest BCUT2D eigenvalue weighted by molar-refractivity contribution is -0.117. The lowest BCUT2D eigenvalue weighted by atomic mass is 9.95. The molecule has 0 unspecified atom stereocenters. The maximum absolute atomic E-state index is 13.9. The molecule has 0 fully saturated rings. The van der Waals surface area contributed by atoms with E-state index in [4.69, 9.17) is 20.8 Å². The van der Waals surface area contributed by atoms with Gasteiger partial charge in [-0.15, -0.1) is 10.2 Å². The molecule has 0 radical (unpaired) electrons. The van der Waals surface area contributed by atoms with E-state index in [-0.39, 0.29) is 16.5 Å². The zero-order valence-electron chi connectivity index (χ0n) is 21.9. The van der Waals surface area contributed by atoms with Crippen LogP contribution >= 0.6 is 34.7 Å². The Kier molecular flexibility index (Phi) is 7.84. The number of hydrogen-bond donors (Lipinski definition) is 1. The molecule has 2 aromatic heterocycles. The van der Waals surface area contributed by atoms with Gasteiger partial charge in [0, 0.05) is 16.2 Å². The number of ketones is 1. The van der Waals surface area contributed by atoms with Gasteiger partial charge in [0.05, 0.1) is 11.6 Å². The van der Waals surface area contributed by atoms with Crippen LogP contribution in [0, 0.1) is 0 Å². The summed E-state index contributed by atoms with van der Waals surface area (Å²) in [5, 5.41) is 21.2. The Morgan fingerprint density at radius 1 is 1.12 bits per heavy atom. The van der Waals surface area contributed by atoms with E-state index in [0.29, 0.717) is 38.6 Å². The summed E-state index contributed by atoms with van der Waals surface area (Å²) in [6.45, 7) is 3.98. The van der Waals surface area contributed by atoms with Crippen LogP contribution in [-0.4, -0.2) is 33.6 Å². The molecule has 5 aromatic rings. The molecule has 0 saturated heterocycles. The highest BCUT2D eigenvalue weighted by Crippen LogP contribution is 2.44. The first-order chi connectivity index (χ1) is 20.4. The van der Waals surface area contributed by atoms with E-state index in [0.717, 1.165) is 10.9 Å². The van der Waals surface area contributed by atoms with Crippen LogP contribution in [0.25, 0.3) is 11.0 Å². The number of aromatic nitrogens is 2. The van der Waals surface area contributed by atoms with Crippen molar-refractivity contribution >= 4 is 62.5 Å². The van der Waals surface area contributed by atoms with Gasteiger partial charge in [0.2, 0.25) is 10.9 Å². The molecule has 3 aromatic carbocycles. The van der Waals surface area contributed by atoms with Crippen molar-refractivity contribution in [1.29, 1.82) is 0 Å². The number of fused-ring (bicyclic) bond motifs is 1. The number of carbonyl (C=O) groups is 2. The summed E-state index contributed by atoms with van der Waals surface area (Å²) in [5.41, 5.74) is 1.91. The number of para-hydroxylation sites is 1. The summed E-state index contributed by atoms with van der Waals surface area (Å²) in [7, 11) is 0. The summed E-state index contributed by atoms with van der Waals surface area (Å²) < 4.78 is 12.0. The van der Waals surface area contributed by atoms with Crippen LogP contribution in [0.2, 0.25) is 5.02 Å². The number of anilines is 1. The molecular formula is C31H22ClN3O5S2. The van der Waals surface area contributed by atoms with Crippen molar-refractivity contribution in [2.24, 2.45) is 0 Å². The van der Waals surface area contributed by atoms with Crippen LogP contribution in [0.4, 0.5) is 5.13 Å². The number of benzene rings is 3. The predicted molar refractivity (Wildman–Crippen MR) is 163 cm³/mol. The lowest BCUT2D eigenvalue weighted by Crippen LogP contribution is -2.31. The van der Waals surface area contributed by atoms with Crippen molar-refractivity contribution in [3.8, 4) is 5.75 Å². The number of amides is 1. The minimum Gasteiger partial charge on any atom is -0.503 e. The lowest BCUT2D eigenvalue weighted by Gasteiger charge is -2.24. The minimum absolute atomic E-state index is 0.0107. The third-order valence-corrected chi connectivity index (χ3v) is 9.05. The molecule has 0 aliphatic carbocycles. The molecule has 0 spiro atoms. The Hall–Kier alpha value is -4.38. The molecule has 0 saturated carbocycles. The molecule has 1 atom stereocenters. The second-order valence-corrected chi connectivity index (χ2v) is 11.8. The third kappa shape index (κ3) is 5.32. The van der Waals surface area contributed by atoms with Gasteiger partial charge in [0.25, 0.3) is 5.91 Å². The van der Waals surface area contributed by atoms with Crippen LogP contribution in [0.1, 0.15) is 27.7 Å². The van der Waals surface area contributed by atoms with Crippen molar-refractivity contribution in [3.63, 3.8) is 0 Å². The number of aliphatic hydroxyl groups excluding tert-OH is 1. The van der Waals surface area contributed by atoms with Crippen LogP contribution in [-0.2, 0) is 10.5 Å². The molecule has 42 heavy (non-hydrogen) atoms. The van der Waals surface area contributed by atoms with Gasteiger partial charge in [0.15, 0.2) is 15.9 Å². The molecule has 1 aliphatic rings. The van der Waals surface area contributed by atoms with Gasteiger partial charge in [-0.2, -0.15) is 0 Å². The number of halogens is 1. The van der Waals surface area contributed by atoms with Crippen molar-refractivity contribution in [2.75, 3.05) is 11.5 Å². The highest BCUT2D eigenvalue weighted by Gasteiger charge is 2.46. The van der Waals surface area contributed by atoms with Crippen molar-refractivity contribution in [3.05, 3.63) is 125 Å². The first-order valence-electron chi connectivity index (χ1n) is 12.8. The van der Waals surface area contributed by atoms with E-state index in [1.165, 1.54) is 28.0 Å². The van der Waals surface area contributed by atoms with Crippen molar-refractivity contribution in [1.82, 2.24) is 10.2 Å². The number of furan rings is 1. The topological polar surface area (TPSA) is 106 Å². The Morgan fingerprint density at radius 2 is 1.88 bits per heavy atom. The van der Waals surface area contributed by atoms with Gasteiger partial charge in [-0.3, -0.25) is 14.5 Å². The number of aliphatic hydroxyl groups is 1. The molecule has 8 nitrogen and oxygen atoms in total. The van der Waals surface area contributed by atoms with E-state index in [2.05, 4.69) is 16.8 Å². The first-order valence-corrected chi connectivity index (χ1v) is 15.0. The quantitative estimate of drug-likeness (QED) is 0.0742. The van der Waals surface area contributed by atoms with Crippen LogP contribution in [0.5, 0.6) is 5.75 Å². The number of ether oxygens (including phenoxy) is 1. The zero-order chi connectivity index (χ0) is 29.2.